The van der Waals surface area contributed by atoms with Crippen LogP contribution in [0.2, 0.25) is 0 Å². The van der Waals surface area contributed by atoms with Gasteiger partial charge in [0, 0.05) is 6.54 Å². The maximum Gasteiger partial charge on any atom is 0.387 e. The Balaban J connectivity index is 1.79. The van der Waals surface area contributed by atoms with Crippen molar-refractivity contribution in [3.63, 3.8) is 0 Å². The van der Waals surface area contributed by atoms with E-state index < -0.39 is 6.61 Å². The van der Waals surface area contributed by atoms with E-state index in [1.54, 1.807) is 12.1 Å². The normalized spacial score (nSPS) is 18.0. The van der Waals surface area contributed by atoms with Crippen LogP contribution in [0.3, 0.4) is 0 Å². The number of halogens is 2. The van der Waals surface area contributed by atoms with Crippen LogP contribution < -0.4 is 18.9 Å². The fourth-order valence-electron chi connectivity index (χ4n) is 3.69. The molecule has 0 aromatic heterocycles. The van der Waals surface area contributed by atoms with Crippen molar-refractivity contribution in [3.8, 4) is 23.0 Å². The van der Waals surface area contributed by atoms with E-state index in [4.69, 9.17) is 14.2 Å². The summed E-state index contributed by atoms with van der Waals surface area (Å²) in [5, 5.41) is -0.464. The molecule has 0 radical (unpaired) electrons. The zero-order valence-corrected chi connectivity index (χ0v) is 20.0. The Morgan fingerprint density at radius 1 is 1.00 bits per heavy atom. The molecule has 0 saturated carbocycles. The lowest BCUT2D eigenvalue weighted by molar-refractivity contribution is -0.129. The quantitative estimate of drug-likeness (QED) is 0.434. The molecule has 0 spiro atoms. The SMILES string of the molecule is CCOc1ccc(CCN2C(=O)[C@@H](C)S[C@H]2c2ccc(OC(F)F)c(OC)c2)cc1OCC. The largest absolute Gasteiger partial charge is 0.493 e. The molecule has 3 rings (SSSR count). The number of rotatable bonds is 11. The maximum absolute atomic E-state index is 12.9. The van der Waals surface area contributed by atoms with Crippen LogP contribution in [0.25, 0.3) is 0 Å². The Labute approximate surface area is 197 Å². The lowest BCUT2D eigenvalue weighted by Crippen LogP contribution is -2.32. The Morgan fingerprint density at radius 2 is 1.70 bits per heavy atom. The minimum absolute atomic E-state index is 0.0350. The van der Waals surface area contributed by atoms with Crippen molar-refractivity contribution < 1.29 is 32.5 Å². The molecule has 1 saturated heterocycles. The molecule has 33 heavy (non-hydrogen) atoms. The van der Waals surface area contributed by atoms with Gasteiger partial charge in [0.1, 0.15) is 5.37 Å². The van der Waals surface area contributed by atoms with Crippen molar-refractivity contribution in [1.82, 2.24) is 4.90 Å². The molecule has 1 fully saturated rings. The number of ether oxygens (including phenoxy) is 4. The number of hydrogen-bond donors (Lipinski definition) is 0. The van der Waals surface area contributed by atoms with Gasteiger partial charge in [-0.05, 0) is 62.6 Å². The van der Waals surface area contributed by atoms with Gasteiger partial charge < -0.3 is 23.8 Å². The van der Waals surface area contributed by atoms with E-state index in [1.165, 1.54) is 24.9 Å². The van der Waals surface area contributed by atoms with Gasteiger partial charge in [-0.25, -0.2) is 0 Å². The molecule has 2 aromatic rings. The third kappa shape index (κ3) is 6.01. The molecule has 2 aromatic carbocycles. The molecule has 1 heterocycles. The van der Waals surface area contributed by atoms with Crippen LogP contribution in [0, 0.1) is 0 Å². The second kappa shape index (κ2) is 11.4. The van der Waals surface area contributed by atoms with Crippen LogP contribution >= 0.6 is 11.8 Å². The Bertz CT molecular complexity index is 958. The first-order valence-corrected chi connectivity index (χ1v) is 11.8. The molecule has 1 aliphatic heterocycles. The molecule has 6 nitrogen and oxygen atoms in total. The number of amides is 1. The molecule has 1 amide bonds. The van der Waals surface area contributed by atoms with Gasteiger partial charge in [-0.15, -0.1) is 11.8 Å². The molecule has 180 valence electrons. The topological polar surface area (TPSA) is 57.2 Å². The van der Waals surface area contributed by atoms with E-state index in [9.17, 15) is 13.6 Å². The predicted molar refractivity (Wildman–Crippen MR) is 124 cm³/mol. The Morgan fingerprint density at radius 3 is 2.36 bits per heavy atom. The number of methoxy groups -OCH3 is 1. The van der Waals surface area contributed by atoms with Gasteiger partial charge >= 0.3 is 6.61 Å². The minimum atomic E-state index is -2.95. The third-order valence-electron chi connectivity index (χ3n) is 5.19. The molecular formula is C24H29F2NO5S. The second-order valence-corrected chi connectivity index (χ2v) is 8.77. The van der Waals surface area contributed by atoms with Crippen LogP contribution in [0.4, 0.5) is 8.78 Å². The van der Waals surface area contributed by atoms with Crippen molar-refractivity contribution >= 4 is 17.7 Å². The molecular weight excluding hydrogens is 452 g/mol. The summed E-state index contributed by atoms with van der Waals surface area (Å²) in [6.45, 7) is 4.33. The summed E-state index contributed by atoms with van der Waals surface area (Å²) in [5.74, 6) is 1.58. The van der Waals surface area contributed by atoms with Crippen molar-refractivity contribution in [3.05, 3.63) is 47.5 Å². The summed E-state index contributed by atoms with van der Waals surface area (Å²) >= 11 is 1.52. The number of thioether (sulfide) groups is 1. The average molecular weight is 482 g/mol. The van der Waals surface area contributed by atoms with Crippen LogP contribution in [0.5, 0.6) is 23.0 Å². The van der Waals surface area contributed by atoms with Crippen molar-refractivity contribution in [1.29, 1.82) is 0 Å². The van der Waals surface area contributed by atoms with Gasteiger partial charge in [0.15, 0.2) is 23.0 Å². The van der Waals surface area contributed by atoms with Crippen LogP contribution in [-0.4, -0.2) is 49.5 Å². The monoisotopic (exact) mass is 481 g/mol. The number of nitrogens with zero attached hydrogens (tertiary/aromatic N) is 1. The van der Waals surface area contributed by atoms with Gasteiger partial charge in [0.25, 0.3) is 0 Å². The summed E-state index contributed by atoms with van der Waals surface area (Å²) in [6, 6.07) is 10.6. The van der Waals surface area contributed by atoms with Gasteiger partial charge in [0.05, 0.1) is 25.6 Å². The highest BCUT2D eigenvalue weighted by atomic mass is 32.2. The van der Waals surface area contributed by atoms with Crippen molar-refractivity contribution in [2.45, 2.75) is 44.4 Å². The third-order valence-corrected chi connectivity index (χ3v) is 6.58. The number of hydrogen-bond acceptors (Lipinski definition) is 6. The van der Waals surface area contributed by atoms with Gasteiger partial charge in [-0.1, -0.05) is 12.1 Å². The molecule has 0 N–H and O–H groups in total. The minimum Gasteiger partial charge on any atom is -0.493 e. The van der Waals surface area contributed by atoms with Crippen LogP contribution in [0.1, 0.15) is 37.3 Å². The molecule has 0 aliphatic carbocycles. The zero-order valence-electron chi connectivity index (χ0n) is 19.2. The predicted octanol–water partition coefficient (Wildman–Crippen LogP) is 5.30. The first-order valence-electron chi connectivity index (χ1n) is 10.8. The first kappa shape index (κ1) is 25.0. The van der Waals surface area contributed by atoms with Crippen molar-refractivity contribution in [2.24, 2.45) is 0 Å². The average Bonchev–Trinajstić information content (AvgIpc) is 3.07. The van der Waals surface area contributed by atoms with E-state index in [1.807, 2.05) is 43.9 Å². The molecule has 9 heteroatoms. The van der Waals surface area contributed by atoms with E-state index in [0.717, 1.165) is 11.1 Å². The maximum atomic E-state index is 12.9. The van der Waals surface area contributed by atoms with E-state index in [-0.39, 0.29) is 28.0 Å². The van der Waals surface area contributed by atoms with Gasteiger partial charge in [-0.3, -0.25) is 4.79 Å². The Kier molecular flexibility index (Phi) is 8.66. The number of benzene rings is 2. The number of carbonyl (C=O) groups is 1. The molecule has 0 bridgehead atoms. The van der Waals surface area contributed by atoms with E-state index >= 15 is 0 Å². The zero-order chi connectivity index (χ0) is 24.0. The standard InChI is InChI=1S/C24H29F2NO5S/c1-5-30-18-9-7-16(13-21(18)31-6-2)11-12-27-22(28)15(3)33-23(27)17-8-10-19(32-24(25)26)20(14-17)29-4/h7-10,13-15,23-24H,5-6,11-12H2,1-4H3/t15-,23+/m1/s1. The smallest absolute Gasteiger partial charge is 0.387 e. The second-order valence-electron chi connectivity index (χ2n) is 7.35. The van der Waals surface area contributed by atoms with Gasteiger partial charge in [-0.2, -0.15) is 8.78 Å². The fraction of sp³-hybridized carbons (Fsp3) is 0.458. The van der Waals surface area contributed by atoms with Crippen LogP contribution in [-0.2, 0) is 11.2 Å². The van der Waals surface area contributed by atoms with Crippen LogP contribution in [0.15, 0.2) is 36.4 Å². The highest BCUT2D eigenvalue weighted by Crippen LogP contribution is 2.45. The fourth-order valence-corrected chi connectivity index (χ4v) is 4.99. The highest BCUT2D eigenvalue weighted by molar-refractivity contribution is 8.01. The Hall–Kier alpha value is -2.68. The lowest BCUT2D eigenvalue weighted by Gasteiger charge is -2.25. The molecule has 0 unspecified atom stereocenters. The number of carbonyl (C=O) groups excluding carboxylic acids is 1. The summed E-state index contributed by atoms with van der Waals surface area (Å²) < 4.78 is 46.4. The summed E-state index contributed by atoms with van der Waals surface area (Å²) in [6.07, 6.45) is 0.631. The van der Waals surface area contributed by atoms with Crippen molar-refractivity contribution in [2.75, 3.05) is 26.9 Å². The lowest BCUT2D eigenvalue weighted by atomic mass is 10.1. The molecule has 1 aliphatic rings. The first-order chi connectivity index (χ1) is 15.9. The highest BCUT2D eigenvalue weighted by Gasteiger charge is 2.38. The number of alkyl halides is 2. The summed E-state index contributed by atoms with van der Waals surface area (Å²) in [5.41, 5.74) is 1.81. The summed E-state index contributed by atoms with van der Waals surface area (Å²) in [7, 11) is 1.40. The van der Waals surface area contributed by atoms with Gasteiger partial charge in [0.2, 0.25) is 5.91 Å². The van der Waals surface area contributed by atoms with E-state index in [2.05, 4.69) is 4.74 Å². The molecule has 2 atom stereocenters. The van der Waals surface area contributed by atoms with E-state index in [0.29, 0.717) is 37.7 Å². The summed E-state index contributed by atoms with van der Waals surface area (Å²) in [4.78, 5) is 14.7.